The van der Waals surface area contributed by atoms with Gasteiger partial charge in [-0.15, -0.1) is 0 Å². The molecule has 0 unspecified atom stereocenters. The van der Waals surface area contributed by atoms with Crippen molar-refractivity contribution < 1.29 is 9.53 Å². The fourth-order valence-electron chi connectivity index (χ4n) is 1.67. The lowest BCUT2D eigenvalue weighted by Crippen LogP contribution is -2.38. The van der Waals surface area contributed by atoms with Gasteiger partial charge < -0.3 is 20.3 Å². The number of piperidine rings is 1. The van der Waals surface area contributed by atoms with Crippen LogP contribution in [-0.2, 0) is 9.53 Å². The minimum Gasteiger partial charge on any atom is -0.368 e. The minimum atomic E-state index is 0.0637. The van der Waals surface area contributed by atoms with Crippen molar-refractivity contribution in [3.8, 4) is 0 Å². The van der Waals surface area contributed by atoms with E-state index in [1.165, 1.54) is 0 Å². The van der Waals surface area contributed by atoms with E-state index < -0.39 is 0 Å². The molecule has 0 aliphatic carbocycles. The summed E-state index contributed by atoms with van der Waals surface area (Å²) in [7, 11) is 3.69. The second-order valence-corrected chi connectivity index (χ2v) is 4.18. The summed E-state index contributed by atoms with van der Waals surface area (Å²) in [5.41, 5.74) is 0. The van der Waals surface area contributed by atoms with Crippen LogP contribution in [0.1, 0.15) is 12.8 Å². The fraction of sp³-hybridized carbons (Fsp3) is 0.909. The maximum absolute atomic E-state index is 11.6. The van der Waals surface area contributed by atoms with Gasteiger partial charge in [0.1, 0.15) is 6.61 Å². The number of nitrogens with zero attached hydrogens (tertiary/aromatic N) is 1. The summed E-state index contributed by atoms with van der Waals surface area (Å²) >= 11 is 0. The molecule has 16 heavy (non-hydrogen) atoms. The third kappa shape index (κ3) is 4.92. The lowest BCUT2D eigenvalue weighted by Gasteiger charge is -2.24. The average Bonchev–Trinajstić information content (AvgIpc) is 2.34. The molecule has 1 aliphatic heterocycles. The molecule has 0 radical (unpaired) electrons. The Bertz CT molecular complexity index is 205. The second-order valence-electron chi connectivity index (χ2n) is 4.18. The molecule has 5 heteroatoms. The van der Waals surface area contributed by atoms with Gasteiger partial charge in [-0.05, 0) is 33.0 Å². The molecule has 1 amide bonds. The molecule has 5 nitrogen and oxygen atoms in total. The van der Waals surface area contributed by atoms with Crippen LogP contribution in [0.15, 0.2) is 0 Å². The number of hydrogen-bond acceptors (Lipinski definition) is 4. The zero-order valence-electron chi connectivity index (χ0n) is 10.3. The highest BCUT2D eigenvalue weighted by Gasteiger charge is 2.16. The van der Waals surface area contributed by atoms with Gasteiger partial charge in [0, 0.05) is 20.1 Å². The van der Waals surface area contributed by atoms with E-state index in [1.54, 1.807) is 4.90 Å². The summed E-state index contributed by atoms with van der Waals surface area (Å²) in [5, 5.41) is 6.29. The smallest absolute Gasteiger partial charge is 0.248 e. The number of carbonyl (C=O) groups excluding carboxylic acids is 1. The van der Waals surface area contributed by atoms with Crippen LogP contribution in [0.2, 0.25) is 0 Å². The van der Waals surface area contributed by atoms with Gasteiger partial charge in [0.15, 0.2) is 0 Å². The van der Waals surface area contributed by atoms with Crippen molar-refractivity contribution in [3.05, 3.63) is 0 Å². The molecule has 1 heterocycles. The van der Waals surface area contributed by atoms with Crippen LogP contribution in [0, 0.1) is 0 Å². The summed E-state index contributed by atoms with van der Waals surface area (Å²) in [5.74, 6) is 0.0637. The Morgan fingerprint density at radius 2 is 2.19 bits per heavy atom. The first-order chi connectivity index (χ1) is 7.74. The van der Waals surface area contributed by atoms with Crippen LogP contribution in [0.25, 0.3) is 0 Å². The van der Waals surface area contributed by atoms with E-state index in [1.807, 2.05) is 14.1 Å². The highest BCUT2D eigenvalue weighted by atomic mass is 16.5. The van der Waals surface area contributed by atoms with Crippen molar-refractivity contribution in [1.82, 2.24) is 15.5 Å². The molecular weight excluding hydrogens is 206 g/mol. The maximum Gasteiger partial charge on any atom is 0.248 e. The fourth-order valence-corrected chi connectivity index (χ4v) is 1.67. The zero-order chi connectivity index (χ0) is 11.8. The van der Waals surface area contributed by atoms with E-state index in [2.05, 4.69) is 10.6 Å². The van der Waals surface area contributed by atoms with Crippen molar-refractivity contribution in [3.63, 3.8) is 0 Å². The number of hydrogen-bond donors (Lipinski definition) is 2. The van der Waals surface area contributed by atoms with E-state index in [-0.39, 0.29) is 18.6 Å². The van der Waals surface area contributed by atoms with Gasteiger partial charge in [-0.25, -0.2) is 0 Å². The van der Waals surface area contributed by atoms with Crippen molar-refractivity contribution in [1.29, 1.82) is 0 Å². The Morgan fingerprint density at radius 1 is 1.50 bits per heavy atom. The van der Waals surface area contributed by atoms with E-state index in [0.29, 0.717) is 0 Å². The summed E-state index contributed by atoms with van der Waals surface area (Å²) in [6.07, 6.45) is 2.27. The SMILES string of the molecule is CNCCN(C)C(=O)COC1CCNCC1. The van der Waals surface area contributed by atoms with E-state index >= 15 is 0 Å². The molecule has 1 aliphatic rings. The highest BCUT2D eigenvalue weighted by Crippen LogP contribution is 2.06. The topological polar surface area (TPSA) is 53.6 Å². The van der Waals surface area contributed by atoms with E-state index in [0.717, 1.165) is 39.0 Å². The van der Waals surface area contributed by atoms with Crippen LogP contribution in [-0.4, -0.2) is 63.8 Å². The van der Waals surface area contributed by atoms with Crippen LogP contribution in [0.5, 0.6) is 0 Å². The van der Waals surface area contributed by atoms with Crippen molar-refractivity contribution in [2.24, 2.45) is 0 Å². The molecule has 1 fully saturated rings. The largest absolute Gasteiger partial charge is 0.368 e. The van der Waals surface area contributed by atoms with E-state index in [9.17, 15) is 4.79 Å². The Morgan fingerprint density at radius 3 is 2.81 bits per heavy atom. The molecule has 1 rings (SSSR count). The molecule has 0 spiro atoms. The van der Waals surface area contributed by atoms with Gasteiger partial charge in [0.05, 0.1) is 6.10 Å². The zero-order valence-corrected chi connectivity index (χ0v) is 10.3. The number of nitrogens with one attached hydrogen (secondary N) is 2. The van der Waals surface area contributed by atoms with E-state index in [4.69, 9.17) is 4.74 Å². The number of ether oxygens (including phenoxy) is 1. The van der Waals surface area contributed by atoms with Crippen LogP contribution in [0.4, 0.5) is 0 Å². The third-order valence-electron chi connectivity index (χ3n) is 2.85. The highest BCUT2D eigenvalue weighted by molar-refractivity contribution is 5.77. The first kappa shape index (κ1) is 13.4. The predicted octanol–water partition coefficient (Wildman–Crippen LogP) is -0.567. The molecule has 0 bridgehead atoms. The number of amides is 1. The first-order valence-corrected chi connectivity index (χ1v) is 5.95. The quantitative estimate of drug-likeness (QED) is 0.640. The predicted molar refractivity (Wildman–Crippen MR) is 63.4 cm³/mol. The lowest BCUT2D eigenvalue weighted by molar-refractivity contribution is -0.137. The summed E-state index contributed by atoms with van der Waals surface area (Å²) < 4.78 is 5.59. The average molecular weight is 229 g/mol. The molecule has 0 saturated carbocycles. The van der Waals surface area contributed by atoms with Gasteiger partial charge in [-0.2, -0.15) is 0 Å². The molecule has 0 atom stereocenters. The molecule has 0 aromatic heterocycles. The molecular formula is C11H23N3O2. The number of carbonyl (C=O) groups is 1. The standard InChI is InChI=1S/C11H23N3O2/c1-12-7-8-14(2)11(15)9-16-10-3-5-13-6-4-10/h10,12-13H,3-9H2,1-2H3. The monoisotopic (exact) mass is 229 g/mol. The van der Waals surface area contributed by atoms with Crippen LogP contribution < -0.4 is 10.6 Å². The normalized spacial score (nSPS) is 17.4. The van der Waals surface area contributed by atoms with Crippen molar-refractivity contribution in [2.75, 3.05) is 46.9 Å². The molecule has 2 N–H and O–H groups in total. The van der Waals surface area contributed by atoms with Gasteiger partial charge in [-0.1, -0.05) is 0 Å². The van der Waals surface area contributed by atoms with Gasteiger partial charge in [0.25, 0.3) is 0 Å². The summed E-state index contributed by atoms with van der Waals surface area (Å²) in [6.45, 7) is 3.74. The summed E-state index contributed by atoms with van der Waals surface area (Å²) in [6, 6.07) is 0. The second kappa shape index (κ2) is 7.60. The minimum absolute atomic E-state index is 0.0637. The van der Waals surface area contributed by atoms with Crippen molar-refractivity contribution >= 4 is 5.91 Å². The molecule has 1 saturated heterocycles. The van der Waals surface area contributed by atoms with Gasteiger partial charge in [0.2, 0.25) is 5.91 Å². The Hall–Kier alpha value is -0.650. The molecule has 94 valence electrons. The Labute approximate surface area is 97.5 Å². The Balaban J connectivity index is 2.12. The Kier molecular flexibility index (Phi) is 6.37. The number of likely N-dealkylation sites (N-methyl/N-ethyl adjacent to an activating group) is 2. The van der Waals surface area contributed by atoms with Crippen LogP contribution in [0.3, 0.4) is 0 Å². The lowest BCUT2D eigenvalue weighted by atomic mass is 10.1. The summed E-state index contributed by atoms with van der Waals surface area (Å²) in [4.78, 5) is 13.4. The van der Waals surface area contributed by atoms with Gasteiger partial charge >= 0.3 is 0 Å². The van der Waals surface area contributed by atoms with Gasteiger partial charge in [-0.3, -0.25) is 4.79 Å². The van der Waals surface area contributed by atoms with Crippen LogP contribution >= 0.6 is 0 Å². The third-order valence-corrected chi connectivity index (χ3v) is 2.85. The molecule has 0 aromatic rings. The van der Waals surface area contributed by atoms with Crippen molar-refractivity contribution in [2.45, 2.75) is 18.9 Å². The molecule has 0 aromatic carbocycles. The number of rotatable bonds is 6. The first-order valence-electron chi connectivity index (χ1n) is 5.95. The maximum atomic E-state index is 11.6.